The first-order valence-corrected chi connectivity index (χ1v) is 7.71. The molecule has 1 saturated heterocycles. The molecule has 0 aliphatic carbocycles. The number of piperidine rings is 1. The fraction of sp³-hybridized carbons (Fsp3) is 0.500. The van der Waals surface area contributed by atoms with Gasteiger partial charge in [-0.3, -0.25) is 0 Å². The van der Waals surface area contributed by atoms with Crippen LogP contribution in [0.4, 0.5) is 0 Å². The molecule has 0 radical (unpaired) electrons. The zero-order chi connectivity index (χ0) is 12.6. The predicted molar refractivity (Wildman–Crippen MR) is 78.7 cm³/mol. The number of thiazole rings is 1. The molecule has 0 amide bonds. The molecule has 0 spiro atoms. The van der Waals surface area contributed by atoms with E-state index in [9.17, 15) is 0 Å². The lowest BCUT2D eigenvalue weighted by atomic mass is 9.79. The van der Waals surface area contributed by atoms with Gasteiger partial charge in [0.2, 0.25) is 0 Å². The highest BCUT2D eigenvalue weighted by Crippen LogP contribution is 2.40. The zero-order valence-corrected chi connectivity index (χ0v) is 12.1. The highest BCUT2D eigenvalue weighted by atomic mass is 35.5. The van der Waals surface area contributed by atoms with Crippen molar-refractivity contribution in [1.82, 2.24) is 10.3 Å². The number of halogens is 1. The minimum atomic E-state index is 0.214. The third-order valence-corrected chi connectivity index (χ3v) is 5.75. The van der Waals surface area contributed by atoms with Crippen LogP contribution in [-0.4, -0.2) is 18.1 Å². The first-order valence-electron chi connectivity index (χ1n) is 6.51. The third-order valence-electron chi connectivity index (χ3n) is 3.97. The van der Waals surface area contributed by atoms with Gasteiger partial charge in [0.05, 0.1) is 15.2 Å². The Kier molecular flexibility index (Phi) is 3.31. The maximum absolute atomic E-state index is 6.25. The van der Waals surface area contributed by atoms with E-state index in [0.717, 1.165) is 34.7 Å². The topological polar surface area (TPSA) is 24.9 Å². The molecule has 3 rings (SSSR count). The van der Waals surface area contributed by atoms with Crippen molar-refractivity contribution < 1.29 is 0 Å². The first kappa shape index (κ1) is 12.4. The summed E-state index contributed by atoms with van der Waals surface area (Å²) in [5.41, 5.74) is 1.26. The number of fused-ring (bicyclic) bond motifs is 1. The smallest absolute Gasteiger partial charge is 0.101 e. The van der Waals surface area contributed by atoms with Gasteiger partial charge in [-0.2, -0.15) is 0 Å². The molecule has 1 fully saturated rings. The maximum atomic E-state index is 6.25. The van der Waals surface area contributed by atoms with Crippen LogP contribution in [0, 0.1) is 0 Å². The monoisotopic (exact) mass is 280 g/mol. The summed E-state index contributed by atoms with van der Waals surface area (Å²) < 4.78 is 1.13. The van der Waals surface area contributed by atoms with E-state index in [1.165, 1.54) is 17.8 Å². The van der Waals surface area contributed by atoms with Gasteiger partial charge in [-0.15, -0.1) is 11.3 Å². The SMILES string of the molecule is CCC1(c2nc3cccc(Cl)c3s2)CCCNC1. The predicted octanol–water partition coefficient (Wildman–Crippen LogP) is 3.98. The molecule has 1 atom stereocenters. The molecule has 1 aromatic heterocycles. The van der Waals surface area contributed by atoms with E-state index in [-0.39, 0.29) is 5.41 Å². The summed E-state index contributed by atoms with van der Waals surface area (Å²) in [5, 5.41) is 5.59. The fourth-order valence-electron chi connectivity index (χ4n) is 2.75. The van der Waals surface area contributed by atoms with Crippen LogP contribution in [0.1, 0.15) is 31.2 Å². The van der Waals surface area contributed by atoms with E-state index < -0.39 is 0 Å². The van der Waals surface area contributed by atoms with E-state index in [1.54, 1.807) is 11.3 Å². The van der Waals surface area contributed by atoms with Gasteiger partial charge in [-0.05, 0) is 37.9 Å². The second-order valence-electron chi connectivity index (χ2n) is 5.02. The Labute approximate surface area is 116 Å². The van der Waals surface area contributed by atoms with Crippen LogP contribution in [0.2, 0.25) is 5.02 Å². The highest BCUT2D eigenvalue weighted by molar-refractivity contribution is 7.19. The molecule has 96 valence electrons. The summed E-state index contributed by atoms with van der Waals surface area (Å²) >= 11 is 8.02. The summed E-state index contributed by atoms with van der Waals surface area (Å²) in [6, 6.07) is 5.98. The van der Waals surface area contributed by atoms with E-state index in [2.05, 4.69) is 18.3 Å². The molecule has 2 nitrogen and oxygen atoms in total. The molecule has 2 aromatic rings. The van der Waals surface area contributed by atoms with Gasteiger partial charge in [0.1, 0.15) is 5.01 Å². The standard InChI is InChI=1S/C14H17ClN2S/c1-2-14(7-4-8-16-9-14)13-17-11-6-3-5-10(15)12(11)18-13/h3,5-6,16H,2,4,7-9H2,1H3. The lowest BCUT2D eigenvalue weighted by Gasteiger charge is -2.35. The van der Waals surface area contributed by atoms with Crippen LogP contribution in [0.3, 0.4) is 0 Å². The van der Waals surface area contributed by atoms with Crippen LogP contribution in [0.5, 0.6) is 0 Å². The molecular weight excluding hydrogens is 264 g/mol. The maximum Gasteiger partial charge on any atom is 0.101 e. The number of benzene rings is 1. The summed E-state index contributed by atoms with van der Waals surface area (Å²) in [7, 11) is 0. The number of nitrogens with zero attached hydrogens (tertiary/aromatic N) is 1. The van der Waals surface area contributed by atoms with Crippen LogP contribution < -0.4 is 5.32 Å². The van der Waals surface area contributed by atoms with Crippen molar-refractivity contribution in [3.8, 4) is 0 Å². The Morgan fingerprint density at radius 1 is 1.50 bits per heavy atom. The van der Waals surface area contributed by atoms with Crippen molar-refractivity contribution in [2.45, 2.75) is 31.6 Å². The minimum Gasteiger partial charge on any atom is -0.316 e. The molecule has 1 aliphatic heterocycles. The van der Waals surface area contributed by atoms with Gasteiger partial charge >= 0.3 is 0 Å². The van der Waals surface area contributed by atoms with Gasteiger partial charge in [0.15, 0.2) is 0 Å². The summed E-state index contributed by atoms with van der Waals surface area (Å²) in [6.07, 6.45) is 3.60. The lowest BCUT2D eigenvalue weighted by Crippen LogP contribution is -2.42. The molecule has 1 aromatic carbocycles. The molecule has 1 unspecified atom stereocenters. The summed E-state index contributed by atoms with van der Waals surface area (Å²) in [6.45, 7) is 4.44. The van der Waals surface area contributed by atoms with E-state index in [4.69, 9.17) is 16.6 Å². The Bertz CT molecular complexity index is 558. The number of aromatic nitrogens is 1. The van der Waals surface area contributed by atoms with Crippen LogP contribution in [-0.2, 0) is 5.41 Å². The number of hydrogen-bond donors (Lipinski definition) is 1. The molecule has 0 saturated carbocycles. The molecule has 0 bridgehead atoms. The lowest BCUT2D eigenvalue weighted by molar-refractivity contribution is 0.302. The number of hydrogen-bond acceptors (Lipinski definition) is 3. The van der Waals surface area contributed by atoms with Gasteiger partial charge in [0.25, 0.3) is 0 Å². The summed E-state index contributed by atoms with van der Waals surface area (Å²) in [5.74, 6) is 0. The van der Waals surface area contributed by atoms with Gasteiger partial charge in [-0.25, -0.2) is 4.98 Å². The Morgan fingerprint density at radius 2 is 2.39 bits per heavy atom. The van der Waals surface area contributed by atoms with Crippen molar-refractivity contribution in [3.63, 3.8) is 0 Å². The van der Waals surface area contributed by atoms with Crippen molar-refractivity contribution >= 4 is 33.2 Å². The highest BCUT2D eigenvalue weighted by Gasteiger charge is 2.35. The minimum absolute atomic E-state index is 0.214. The normalized spacial score (nSPS) is 24.6. The molecular formula is C14H17ClN2S. The van der Waals surface area contributed by atoms with Gasteiger partial charge < -0.3 is 5.32 Å². The third kappa shape index (κ3) is 1.94. The molecule has 18 heavy (non-hydrogen) atoms. The van der Waals surface area contributed by atoms with Crippen molar-refractivity contribution in [2.75, 3.05) is 13.1 Å². The quantitative estimate of drug-likeness (QED) is 0.900. The van der Waals surface area contributed by atoms with E-state index in [1.807, 2.05) is 12.1 Å². The first-order chi connectivity index (χ1) is 8.75. The van der Waals surface area contributed by atoms with Crippen molar-refractivity contribution in [1.29, 1.82) is 0 Å². The molecule has 2 heterocycles. The van der Waals surface area contributed by atoms with E-state index in [0.29, 0.717) is 0 Å². The average Bonchev–Trinajstić information content (AvgIpc) is 2.85. The number of nitrogens with one attached hydrogen (secondary N) is 1. The van der Waals surface area contributed by atoms with Crippen molar-refractivity contribution in [3.05, 3.63) is 28.2 Å². The van der Waals surface area contributed by atoms with E-state index >= 15 is 0 Å². The second kappa shape index (κ2) is 4.80. The zero-order valence-electron chi connectivity index (χ0n) is 10.5. The number of rotatable bonds is 2. The van der Waals surface area contributed by atoms with Crippen molar-refractivity contribution in [2.24, 2.45) is 0 Å². The Morgan fingerprint density at radius 3 is 3.06 bits per heavy atom. The summed E-state index contributed by atoms with van der Waals surface area (Å²) in [4.78, 5) is 4.83. The van der Waals surface area contributed by atoms with Gasteiger partial charge in [-0.1, -0.05) is 24.6 Å². The van der Waals surface area contributed by atoms with Gasteiger partial charge in [0, 0.05) is 12.0 Å². The average molecular weight is 281 g/mol. The Hall–Kier alpha value is -0.640. The Balaban J connectivity index is 2.09. The van der Waals surface area contributed by atoms with Crippen LogP contribution in [0.25, 0.3) is 10.2 Å². The second-order valence-corrected chi connectivity index (χ2v) is 6.43. The molecule has 1 N–H and O–H groups in total. The van der Waals surface area contributed by atoms with Crippen LogP contribution in [0.15, 0.2) is 18.2 Å². The molecule has 1 aliphatic rings. The fourth-order valence-corrected chi connectivity index (χ4v) is 4.29. The van der Waals surface area contributed by atoms with Crippen LogP contribution >= 0.6 is 22.9 Å². The largest absolute Gasteiger partial charge is 0.316 e. The molecule has 4 heteroatoms.